The van der Waals surface area contributed by atoms with Crippen LogP contribution in [0.5, 0.6) is 0 Å². The molecule has 0 saturated heterocycles. The fourth-order valence-corrected chi connectivity index (χ4v) is 6.32. The van der Waals surface area contributed by atoms with E-state index in [0.29, 0.717) is 5.92 Å². The maximum Gasteiger partial charge on any atom is 0.0799 e. The molecule has 219 valence electrons. The summed E-state index contributed by atoms with van der Waals surface area (Å²) in [4.78, 5) is 13.5. The Kier molecular flexibility index (Phi) is 11.3. The SMILES string of the molecule is CC(c1cc(-c2[c-]ccnc2)ncc1[Si](C)(C)C)C(C)(C)C.Cc1cc(-c2[c-]cccc2)ncc1-c1ccccc1.[Ir]. The molecule has 2 aromatic carbocycles. The third-order valence-electron chi connectivity index (χ3n) is 7.57. The first kappa shape index (κ1) is 33.3. The molecule has 0 amide bonds. The standard InChI is InChI=1S/C19H27N2Si.C18H14N.Ir/c1-14(19(2,3)4)16-11-17(15-9-8-10-20-12-15)21-13-18(16)22(5,6)7;1-14-12-18(16-10-6-3-7-11-16)19-13-17(14)15-8-4-2-5-9-15;/h8,10-14H,1-7H3;2-10,12-13H,1H3;/q2*-1;. The minimum Gasteiger partial charge on any atom is -0.360 e. The summed E-state index contributed by atoms with van der Waals surface area (Å²) in [7, 11) is -1.43. The molecule has 1 radical (unpaired) electrons. The van der Waals surface area contributed by atoms with E-state index >= 15 is 0 Å². The van der Waals surface area contributed by atoms with Crippen molar-refractivity contribution < 1.29 is 20.1 Å². The van der Waals surface area contributed by atoms with E-state index in [1.807, 2.05) is 60.9 Å². The van der Waals surface area contributed by atoms with E-state index in [4.69, 9.17) is 4.98 Å². The molecule has 5 heteroatoms. The van der Waals surface area contributed by atoms with Gasteiger partial charge < -0.3 is 15.0 Å². The van der Waals surface area contributed by atoms with Crippen molar-refractivity contribution >= 4 is 13.3 Å². The smallest absolute Gasteiger partial charge is 0.0799 e. The summed E-state index contributed by atoms with van der Waals surface area (Å²) in [5, 5.41) is 1.46. The van der Waals surface area contributed by atoms with Gasteiger partial charge in [-0.1, -0.05) is 108 Å². The van der Waals surface area contributed by atoms with Gasteiger partial charge in [-0.3, -0.25) is 0 Å². The normalized spacial score (nSPS) is 12.0. The van der Waals surface area contributed by atoms with Gasteiger partial charge in [-0.25, -0.2) is 0 Å². The molecule has 3 heterocycles. The zero-order chi connectivity index (χ0) is 29.6. The molecule has 1 atom stereocenters. The number of rotatable bonds is 5. The molecule has 0 aliphatic carbocycles. The molecule has 0 N–H and O–H groups in total. The molecule has 5 rings (SSSR count). The van der Waals surface area contributed by atoms with Gasteiger partial charge in [-0.15, -0.1) is 53.6 Å². The van der Waals surface area contributed by atoms with Gasteiger partial charge in [0.25, 0.3) is 0 Å². The van der Waals surface area contributed by atoms with Crippen molar-refractivity contribution in [2.75, 3.05) is 0 Å². The van der Waals surface area contributed by atoms with Gasteiger partial charge in [-0.2, -0.15) is 0 Å². The van der Waals surface area contributed by atoms with Crippen LogP contribution < -0.4 is 5.19 Å². The summed E-state index contributed by atoms with van der Waals surface area (Å²) in [5.41, 5.74) is 9.22. The molecule has 0 bridgehead atoms. The number of nitrogens with zero attached hydrogens (tertiary/aromatic N) is 3. The zero-order valence-electron chi connectivity index (χ0n) is 26.0. The van der Waals surface area contributed by atoms with Crippen molar-refractivity contribution in [3.05, 3.63) is 121 Å². The fraction of sp³-hybridized carbons (Fsp3) is 0.270. The molecule has 0 aliphatic heterocycles. The first-order valence-electron chi connectivity index (χ1n) is 14.3. The van der Waals surface area contributed by atoms with Crippen LogP contribution in [0, 0.1) is 24.5 Å². The van der Waals surface area contributed by atoms with Gasteiger partial charge in [-0.05, 0) is 46.0 Å². The summed E-state index contributed by atoms with van der Waals surface area (Å²) in [6, 6.07) is 30.9. The van der Waals surface area contributed by atoms with Crippen molar-refractivity contribution in [1.82, 2.24) is 15.0 Å². The third-order valence-corrected chi connectivity index (χ3v) is 9.60. The Labute approximate surface area is 267 Å². The number of aryl methyl sites for hydroxylation is 1. The Morgan fingerprint density at radius 2 is 1.40 bits per heavy atom. The molecule has 0 aliphatic rings. The molecule has 1 unspecified atom stereocenters. The van der Waals surface area contributed by atoms with Gasteiger partial charge >= 0.3 is 0 Å². The summed E-state index contributed by atoms with van der Waals surface area (Å²) in [5.74, 6) is 0.479. The van der Waals surface area contributed by atoms with Crippen LogP contribution in [-0.2, 0) is 20.1 Å². The van der Waals surface area contributed by atoms with Crippen LogP contribution in [0.1, 0.15) is 44.7 Å². The van der Waals surface area contributed by atoms with E-state index in [9.17, 15) is 0 Å². The van der Waals surface area contributed by atoms with Crippen molar-refractivity contribution in [2.24, 2.45) is 5.41 Å². The van der Waals surface area contributed by atoms with E-state index in [2.05, 4.69) is 107 Å². The zero-order valence-corrected chi connectivity index (χ0v) is 29.4. The van der Waals surface area contributed by atoms with Gasteiger partial charge in [0.05, 0.1) is 8.07 Å². The van der Waals surface area contributed by atoms with Crippen LogP contribution in [0.15, 0.2) is 97.6 Å². The van der Waals surface area contributed by atoms with E-state index in [1.165, 1.54) is 27.4 Å². The maximum atomic E-state index is 4.70. The average molecular weight is 748 g/mol. The number of aromatic nitrogens is 3. The van der Waals surface area contributed by atoms with Crippen LogP contribution >= 0.6 is 0 Å². The van der Waals surface area contributed by atoms with E-state index < -0.39 is 8.07 Å². The summed E-state index contributed by atoms with van der Waals surface area (Å²) < 4.78 is 0. The van der Waals surface area contributed by atoms with Gasteiger partial charge in [0.1, 0.15) is 0 Å². The third kappa shape index (κ3) is 8.41. The molecule has 5 aromatic rings. The van der Waals surface area contributed by atoms with Crippen molar-refractivity contribution in [1.29, 1.82) is 0 Å². The topological polar surface area (TPSA) is 38.7 Å². The molecule has 0 saturated carbocycles. The Hall–Kier alpha value is -3.24. The summed E-state index contributed by atoms with van der Waals surface area (Å²) in [6.07, 6.45) is 7.63. The molecular formula is C37H41IrN3Si-2. The van der Waals surface area contributed by atoms with Crippen LogP contribution in [0.25, 0.3) is 33.6 Å². The number of hydrogen-bond acceptors (Lipinski definition) is 3. The van der Waals surface area contributed by atoms with Crippen LogP contribution in [-0.4, -0.2) is 23.0 Å². The number of hydrogen-bond donors (Lipinski definition) is 0. The van der Waals surface area contributed by atoms with Crippen molar-refractivity contribution in [3.63, 3.8) is 0 Å². The minimum atomic E-state index is -1.43. The van der Waals surface area contributed by atoms with E-state index in [0.717, 1.165) is 22.5 Å². The summed E-state index contributed by atoms with van der Waals surface area (Å²) in [6.45, 7) is 18.5. The molecular weight excluding hydrogens is 707 g/mol. The van der Waals surface area contributed by atoms with Crippen molar-refractivity contribution in [3.8, 4) is 33.6 Å². The molecule has 0 fully saturated rings. The van der Waals surface area contributed by atoms with Crippen LogP contribution in [0.3, 0.4) is 0 Å². The van der Waals surface area contributed by atoms with Gasteiger partial charge in [0, 0.05) is 38.1 Å². The molecule has 3 aromatic heterocycles. The van der Waals surface area contributed by atoms with Crippen molar-refractivity contribution in [2.45, 2.75) is 60.2 Å². The monoisotopic (exact) mass is 748 g/mol. The van der Waals surface area contributed by atoms with E-state index in [-0.39, 0.29) is 25.5 Å². The Balaban J connectivity index is 0.000000227. The second-order valence-corrected chi connectivity index (χ2v) is 17.7. The first-order valence-corrected chi connectivity index (χ1v) is 17.8. The maximum absolute atomic E-state index is 4.70. The largest absolute Gasteiger partial charge is 0.360 e. The summed E-state index contributed by atoms with van der Waals surface area (Å²) >= 11 is 0. The Morgan fingerprint density at radius 3 is 1.98 bits per heavy atom. The predicted octanol–water partition coefficient (Wildman–Crippen LogP) is 9.16. The number of benzene rings is 2. The van der Waals surface area contributed by atoms with Gasteiger partial charge in [0.15, 0.2) is 0 Å². The number of pyridine rings is 3. The van der Waals surface area contributed by atoms with E-state index in [1.54, 1.807) is 6.20 Å². The first-order chi connectivity index (χ1) is 19.4. The van der Waals surface area contributed by atoms with Gasteiger partial charge in [0.2, 0.25) is 0 Å². The quantitative estimate of drug-likeness (QED) is 0.133. The predicted molar refractivity (Wildman–Crippen MR) is 176 cm³/mol. The van der Waals surface area contributed by atoms with Crippen LogP contribution in [0.4, 0.5) is 0 Å². The Morgan fingerprint density at radius 1 is 0.762 bits per heavy atom. The molecule has 42 heavy (non-hydrogen) atoms. The molecule has 3 nitrogen and oxygen atoms in total. The minimum absolute atomic E-state index is 0. The second kappa shape index (κ2) is 14.3. The fourth-order valence-electron chi connectivity index (χ4n) is 4.71. The molecule has 0 spiro atoms. The average Bonchev–Trinajstić information content (AvgIpc) is 2.97. The second-order valence-electron chi connectivity index (χ2n) is 12.7. The Bertz CT molecular complexity index is 1560. The van der Waals surface area contributed by atoms with Crippen LogP contribution in [0.2, 0.25) is 19.6 Å².